The summed E-state index contributed by atoms with van der Waals surface area (Å²) in [4.78, 5) is 21.8. The first kappa shape index (κ1) is 14.0. The van der Waals surface area contributed by atoms with Crippen molar-refractivity contribution in [2.24, 2.45) is 5.92 Å². The van der Waals surface area contributed by atoms with Gasteiger partial charge in [0, 0.05) is 24.0 Å². The van der Waals surface area contributed by atoms with Crippen molar-refractivity contribution in [3.63, 3.8) is 0 Å². The molecule has 0 heterocycles. The molecule has 2 N–H and O–H groups in total. The van der Waals surface area contributed by atoms with E-state index in [2.05, 4.69) is 10.6 Å². The number of nitro groups is 1. The molecule has 0 unspecified atom stereocenters. The zero-order valence-electron chi connectivity index (χ0n) is 11.0. The Balaban J connectivity index is 1.84. The van der Waals surface area contributed by atoms with Crippen LogP contribution in [0.25, 0.3) is 0 Å². The van der Waals surface area contributed by atoms with Gasteiger partial charge in [0.05, 0.1) is 4.92 Å². The van der Waals surface area contributed by atoms with Crippen LogP contribution in [-0.2, 0) is 0 Å². The zero-order chi connectivity index (χ0) is 14.4. The lowest BCUT2D eigenvalue weighted by Gasteiger charge is -2.05. The van der Waals surface area contributed by atoms with Crippen LogP contribution >= 0.6 is 0 Å². The number of hydrogen-bond donors (Lipinski definition) is 2. The van der Waals surface area contributed by atoms with Gasteiger partial charge in [0.25, 0.3) is 5.69 Å². The second-order valence-electron chi connectivity index (χ2n) is 4.81. The topological polar surface area (TPSA) is 84.3 Å². The van der Waals surface area contributed by atoms with Crippen LogP contribution in [0.5, 0.6) is 0 Å². The normalized spacial score (nSPS) is 15.4. The summed E-state index contributed by atoms with van der Waals surface area (Å²) in [6, 6.07) is 5.43. The Morgan fingerprint density at radius 1 is 1.35 bits per heavy atom. The quantitative estimate of drug-likeness (QED) is 0.652. The number of non-ortho nitro benzene ring substituents is 1. The lowest BCUT2D eigenvalue weighted by molar-refractivity contribution is -0.384. The summed E-state index contributed by atoms with van der Waals surface area (Å²) >= 11 is 0. The number of benzene rings is 1. The molecule has 0 spiro atoms. The van der Waals surface area contributed by atoms with Crippen LogP contribution in [0.3, 0.4) is 0 Å². The summed E-state index contributed by atoms with van der Waals surface area (Å²) in [7, 11) is 0. The maximum absolute atomic E-state index is 11.6. The van der Waals surface area contributed by atoms with E-state index in [0.717, 1.165) is 0 Å². The molecule has 1 aliphatic carbocycles. The Labute approximate surface area is 117 Å². The van der Waals surface area contributed by atoms with Gasteiger partial charge >= 0.3 is 6.03 Å². The molecule has 2 rings (SSSR count). The molecular weight excluding hydrogens is 258 g/mol. The maximum atomic E-state index is 11.6. The van der Waals surface area contributed by atoms with Gasteiger partial charge in [-0.1, -0.05) is 25.0 Å². The molecule has 1 aromatic carbocycles. The summed E-state index contributed by atoms with van der Waals surface area (Å²) in [5.41, 5.74) is 0.343. The maximum Gasteiger partial charge on any atom is 0.323 e. The molecule has 0 aromatic heterocycles. The van der Waals surface area contributed by atoms with Crippen molar-refractivity contribution in [3.8, 4) is 0 Å². The van der Waals surface area contributed by atoms with Gasteiger partial charge in [0.1, 0.15) is 0 Å². The predicted molar refractivity (Wildman–Crippen MR) is 76.3 cm³/mol. The SMILES string of the molecule is O=C(N/C=C/C1CCCC1)Nc1cccc([N+](=O)[O-])c1. The molecule has 6 nitrogen and oxygen atoms in total. The molecule has 0 radical (unpaired) electrons. The van der Waals surface area contributed by atoms with Gasteiger partial charge in [0.2, 0.25) is 0 Å². The minimum atomic E-state index is -0.497. The molecule has 2 amide bonds. The predicted octanol–water partition coefficient (Wildman–Crippen LogP) is 3.42. The van der Waals surface area contributed by atoms with Crippen LogP contribution in [0.15, 0.2) is 36.5 Å². The number of hydrogen-bond acceptors (Lipinski definition) is 3. The second kappa shape index (κ2) is 6.70. The lowest BCUT2D eigenvalue weighted by atomic mass is 10.1. The van der Waals surface area contributed by atoms with E-state index >= 15 is 0 Å². The van der Waals surface area contributed by atoms with E-state index in [4.69, 9.17) is 0 Å². The number of carbonyl (C=O) groups excluding carboxylic acids is 1. The number of amides is 2. The third kappa shape index (κ3) is 4.08. The summed E-state index contributed by atoms with van der Waals surface area (Å²) in [6.07, 6.45) is 8.47. The highest BCUT2D eigenvalue weighted by atomic mass is 16.6. The average Bonchev–Trinajstić information content (AvgIpc) is 2.92. The summed E-state index contributed by atoms with van der Waals surface area (Å²) in [5.74, 6) is 0.549. The van der Waals surface area contributed by atoms with E-state index in [1.165, 1.54) is 43.9 Å². The fraction of sp³-hybridized carbons (Fsp3) is 0.357. The lowest BCUT2D eigenvalue weighted by Crippen LogP contribution is -2.24. The van der Waals surface area contributed by atoms with Crippen LogP contribution in [0, 0.1) is 16.0 Å². The smallest absolute Gasteiger partial charge is 0.315 e. The van der Waals surface area contributed by atoms with Gasteiger partial charge in [-0.25, -0.2) is 4.79 Å². The van der Waals surface area contributed by atoms with Crippen molar-refractivity contribution in [2.45, 2.75) is 25.7 Å². The number of allylic oxidation sites excluding steroid dienone is 1. The number of nitrogens with zero attached hydrogens (tertiary/aromatic N) is 1. The Morgan fingerprint density at radius 2 is 2.10 bits per heavy atom. The third-order valence-electron chi connectivity index (χ3n) is 3.30. The van der Waals surface area contributed by atoms with Crippen LogP contribution in [0.1, 0.15) is 25.7 Å². The van der Waals surface area contributed by atoms with Crippen LogP contribution < -0.4 is 10.6 Å². The van der Waals surface area contributed by atoms with E-state index < -0.39 is 11.0 Å². The molecule has 0 saturated heterocycles. The minimum absolute atomic E-state index is 0.0516. The van der Waals surface area contributed by atoms with Crippen molar-refractivity contribution in [1.82, 2.24) is 5.32 Å². The Morgan fingerprint density at radius 3 is 2.80 bits per heavy atom. The molecule has 0 aliphatic heterocycles. The standard InChI is InChI=1S/C14H17N3O3/c18-14(15-9-8-11-4-1-2-5-11)16-12-6-3-7-13(10-12)17(19)20/h3,6-11H,1-2,4-5H2,(H2,15,16,18)/b9-8+. The monoisotopic (exact) mass is 275 g/mol. The van der Waals surface area contributed by atoms with Gasteiger partial charge < -0.3 is 10.6 Å². The van der Waals surface area contributed by atoms with E-state index in [9.17, 15) is 14.9 Å². The number of urea groups is 1. The number of nitro benzene ring substituents is 1. The molecule has 1 fully saturated rings. The van der Waals surface area contributed by atoms with Gasteiger partial charge in [0.15, 0.2) is 0 Å². The van der Waals surface area contributed by atoms with Crippen molar-refractivity contribution < 1.29 is 9.72 Å². The molecule has 106 valence electrons. The highest BCUT2D eigenvalue weighted by molar-refractivity contribution is 5.90. The van der Waals surface area contributed by atoms with E-state index in [-0.39, 0.29) is 5.69 Å². The van der Waals surface area contributed by atoms with Gasteiger partial charge in [-0.15, -0.1) is 0 Å². The van der Waals surface area contributed by atoms with Crippen LogP contribution in [0.4, 0.5) is 16.2 Å². The largest absolute Gasteiger partial charge is 0.323 e. The molecule has 1 saturated carbocycles. The molecular formula is C14H17N3O3. The minimum Gasteiger partial charge on any atom is -0.315 e. The zero-order valence-corrected chi connectivity index (χ0v) is 11.0. The molecule has 6 heteroatoms. The van der Waals surface area contributed by atoms with Crippen molar-refractivity contribution in [2.75, 3.05) is 5.32 Å². The van der Waals surface area contributed by atoms with Crippen LogP contribution in [-0.4, -0.2) is 11.0 Å². The summed E-state index contributed by atoms with van der Waals surface area (Å²) in [5, 5.41) is 15.8. The van der Waals surface area contributed by atoms with E-state index in [1.807, 2.05) is 6.08 Å². The first-order valence-electron chi connectivity index (χ1n) is 6.64. The van der Waals surface area contributed by atoms with Crippen LogP contribution in [0.2, 0.25) is 0 Å². The average molecular weight is 275 g/mol. The van der Waals surface area contributed by atoms with Gasteiger partial charge in [-0.2, -0.15) is 0 Å². The Hall–Kier alpha value is -2.37. The first-order chi connectivity index (χ1) is 9.65. The van der Waals surface area contributed by atoms with Gasteiger partial charge in [-0.3, -0.25) is 10.1 Å². The summed E-state index contributed by atoms with van der Waals surface area (Å²) in [6.45, 7) is 0. The highest BCUT2D eigenvalue weighted by Gasteiger charge is 2.11. The molecule has 20 heavy (non-hydrogen) atoms. The number of rotatable bonds is 4. The van der Waals surface area contributed by atoms with Crippen molar-refractivity contribution >= 4 is 17.4 Å². The van der Waals surface area contributed by atoms with Gasteiger partial charge in [-0.05, 0) is 24.8 Å². The molecule has 0 bridgehead atoms. The highest BCUT2D eigenvalue weighted by Crippen LogP contribution is 2.25. The molecule has 1 aromatic rings. The van der Waals surface area contributed by atoms with E-state index in [1.54, 1.807) is 12.3 Å². The fourth-order valence-electron chi connectivity index (χ4n) is 2.27. The third-order valence-corrected chi connectivity index (χ3v) is 3.30. The van der Waals surface area contributed by atoms with Crippen molar-refractivity contribution in [1.29, 1.82) is 0 Å². The van der Waals surface area contributed by atoms with E-state index in [0.29, 0.717) is 11.6 Å². The second-order valence-corrected chi connectivity index (χ2v) is 4.81. The number of carbonyl (C=O) groups is 1. The Kier molecular flexibility index (Phi) is 4.70. The molecule has 0 atom stereocenters. The van der Waals surface area contributed by atoms with Crippen molar-refractivity contribution in [3.05, 3.63) is 46.7 Å². The summed E-state index contributed by atoms with van der Waals surface area (Å²) < 4.78 is 0. The number of nitrogens with one attached hydrogen (secondary N) is 2. The molecule has 1 aliphatic rings. The fourth-order valence-corrected chi connectivity index (χ4v) is 2.27. The number of anilines is 1. The Bertz CT molecular complexity index is 522. The first-order valence-corrected chi connectivity index (χ1v) is 6.64.